The Bertz CT molecular complexity index is 495. The van der Waals surface area contributed by atoms with Crippen LogP contribution in [0.1, 0.15) is 38.2 Å². The first kappa shape index (κ1) is 16.4. The highest BCUT2D eigenvalue weighted by atomic mass is 79.9. The summed E-state index contributed by atoms with van der Waals surface area (Å²) < 4.78 is 19.3. The molecule has 2 rings (SSSR count). The second-order valence-corrected chi connectivity index (χ2v) is 6.28. The van der Waals surface area contributed by atoms with Crippen molar-refractivity contribution in [2.24, 2.45) is 5.92 Å². The fourth-order valence-corrected chi connectivity index (χ4v) is 3.17. The van der Waals surface area contributed by atoms with Gasteiger partial charge in [-0.2, -0.15) is 0 Å². The smallest absolute Gasteiger partial charge is 0.308 e. The number of hydrogen-bond donors (Lipinski definition) is 1. The van der Waals surface area contributed by atoms with Crippen molar-refractivity contribution in [3.63, 3.8) is 0 Å². The molecule has 0 saturated heterocycles. The quantitative estimate of drug-likeness (QED) is 0.814. The van der Waals surface area contributed by atoms with Crippen molar-refractivity contribution in [2.75, 3.05) is 6.61 Å². The van der Waals surface area contributed by atoms with E-state index in [1.165, 1.54) is 12.1 Å². The second kappa shape index (κ2) is 7.90. The Morgan fingerprint density at radius 3 is 3.05 bits per heavy atom. The molecule has 1 aromatic carbocycles. The first-order valence-electron chi connectivity index (χ1n) is 7.44. The van der Waals surface area contributed by atoms with E-state index in [-0.39, 0.29) is 23.7 Å². The lowest BCUT2D eigenvalue weighted by atomic mass is 9.85. The Morgan fingerprint density at radius 2 is 2.29 bits per heavy atom. The minimum atomic E-state index is -0.233. The lowest BCUT2D eigenvalue weighted by molar-refractivity contribution is -0.149. The van der Waals surface area contributed by atoms with Gasteiger partial charge in [-0.1, -0.05) is 22.4 Å². The SMILES string of the molecule is CCOC(=O)C1CCCC(NCc2cc(F)ccc2Br)C1. The molecule has 116 valence electrons. The van der Waals surface area contributed by atoms with Crippen molar-refractivity contribution in [2.45, 2.75) is 45.2 Å². The molecule has 0 aromatic heterocycles. The Morgan fingerprint density at radius 1 is 1.48 bits per heavy atom. The first-order valence-corrected chi connectivity index (χ1v) is 8.23. The number of esters is 1. The number of nitrogens with one attached hydrogen (secondary N) is 1. The van der Waals surface area contributed by atoms with Crippen LogP contribution in [0.3, 0.4) is 0 Å². The zero-order chi connectivity index (χ0) is 15.2. The zero-order valence-electron chi connectivity index (χ0n) is 12.2. The molecular formula is C16H21BrFNO2. The molecule has 0 spiro atoms. The number of ether oxygens (including phenoxy) is 1. The molecule has 1 aliphatic carbocycles. The Kier molecular flexibility index (Phi) is 6.18. The van der Waals surface area contributed by atoms with E-state index in [0.29, 0.717) is 13.2 Å². The minimum Gasteiger partial charge on any atom is -0.466 e. The van der Waals surface area contributed by atoms with Gasteiger partial charge < -0.3 is 10.1 Å². The third-order valence-electron chi connectivity index (χ3n) is 3.88. The molecule has 1 aromatic rings. The standard InChI is InChI=1S/C16H21BrFNO2/c1-2-21-16(20)11-4-3-5-14(9-11)19-10-12-8-13(18)6-7-15(12)17/h6-8,11,14,19H,2-5,9-10H2,1H3. The molecule has 0 aliphatic heterocycles. The highest BCUT2D eigenvalue weighted by Gasteiger charge is 2.27. The lowest BCUT2D eigenvalue weighted by Gasteiger charge is -2.28. The van der Waals surface area contributed by atoms with Crippen LogP contribution in [0.5, 0.6) is 0 Å². The maximum absolute atomic E-state index is 13.3. The van der Waals surface area contributed by atoms with Gasteiger partial charge in [-0.05, 0) is 49.9 Å². The van der Waals surface area contributed by atoms with Gasteiger partial charge in [0.05, 0.1) is 12.5 Å². The van der Waals surface area contributed by atoms with Gasteiger partial charge in [0.2, 0.25) is 0 Å². The number of carbonyl (C=O) groups excluding carboxylic acids is 1. The van der Waals surface area contributed by atoms with Crippen LogP contribution in [0.2, 0.25) is 0 Å². The molecule has 3 nitrogen and oxygen atoms in total. The van der Waals surface area contributed by atoms with E-state index in [4.69, 9.17) is 4.74 Å². The number of halogens is 2. The predicted octanol–water partition coefficient (Wildman–Crippen LogP) is 3.80. The molecule has 0 radical (unpaired) electrons. The number of benzene rings is 1. The van der Waals surface area contributed by atoms with E-state index >= 15 is 0 Å². The van der Waals surface area contributed by atoms with E-state index in [2.05, 4.69) is 21.2 Å². The Labute approximate surface area is 133 Å². The molecule has 0 heterocycles. The van der Waals surface area contributed by atoms with Crippen LogP contribution in [-0.2, 0) is 16.1 Å². The van der Waals surface area contributed by atoms with E-state index < -0.39 is 0 Å². The van der Waals surface area contributed by atoms with Gasteiger partial charge in [0, 0.05) is 17.1 Å². The summed E-state index contributed by atoms with van der Waals surface area (Å²) >= 11 is 3.43. The van der Waals surface area contributed by atoms with Crippen LogP contribution >= 0.6 is 15.9 Å². The van der Waals surface area contributed by atoms with Crippen LogP contribution in [0, 0.1) is 11.7 Å². The molecule has 1 fully saturated rings. The second-order valence-electron chi connectivity index (χ2n) is 5.43. The zero-order valence-corrected chi connectivity index (χ0v) is 13.8. The van der Waals surface area contributed by atoms with E-state index in [1.807, 2.05) is 6.92 Å². The maximum Gasteiger partial charge on any atom is 0.308 e. The van der Waals surface area contributed by atoms with Gasteiger partial charge in [-0.15, -0.1) is 0 Å². The summed E-state index contributed by atoms with van der Waals surface area (Å²) in [7, 11) is 0. The fourth-order valence-electron chi connectivity index (χ4n) is 2.78. The maximum atomic E-state index is 13.3. The van der Waals surface area contributed by atoms with Gasteiger partial charge in [0.1, 0.15) is 5.82 Å². The number of hydrogen-bond acceptors (Lipinski definition) is 3. The molecular weight excluding hydrogens is 337 g/mol. The van der Waals surface area contributed by atoms with E-state index in [9.17, 15) is 9.18 Å². The third-order valence-corrected chi connectivity index (χ3v) is 4.66. The number of rotatable bonds is 5. The van der Waals surface area contributed by atoms with Gasteiger partial charge in [0.15, 0.2) is 0 Å². The average molecular weight is 358 g/mol. The van der Waals surface area contributed by atoms with Crippen molar-refractivity contribution in [1.82, 2.24) is 5.32 Å². The summed E-state index contributed by atoms with van der Waals surface area (Å²) in [6.45, 7) is 2.86. The van der Waals surface area contributed by atoms with Gasteiger partial charge in [0.25, 0.3) is 0 Å². The first-order chi connectivity index (χ1) is 10.1. The molecule has 1 N–H and O–H groups in total. The Balaban J connectivity index is 1.88. The van der Waals surface area contributed by atoms with Crippen molar-refractivity contribution in [3.8, 4) is 0 Å². The molecule has 2 unspecified atom stereocenters. The van der Waals surface area contributed by atoms with Crippen LogP contribution in [0.25, 0.3) is 0 Å². The van der Waals surface area contributed by atoms with Crippen LogP contribution in [-0.4, -0.2) is 18.6 Å². The fraction of sp³-hybridized carbons (Fsp3) is 0.562. The summed E-state index contributed by atoms with van der Waals surface area (Å²) in [6, 6.07) is 4.96. The summed E-state index contributed by atoms with van der Waals surface area (Å²) in [6.07, 6.45) is 3.76. The summed E-state index contributed by atoms with van der Waals surface area (Å²) in [5.41, 5.74) is 0.897. The van der Waals surface area contributed by atoms with E-state index in [1.54, 1.807) is 6.07 Å². The normalized spacial score (nSPS) is 22.0. The highest BCUT2D eigenvalue weighted by molar-refractivity contribution is 9.10. The minimum absolute atomic E-state index is 0.00727. The summed E-state index contributed by atoms with van der Waals surface area (Å²) in [4.78, 5) is 11.8. The van der Waals surface area contributed by atoms with Crippen molar-refractivity contribution >= 4 is 21.9 Å². The molecule has 2 atom stereocenters. The summed E-state index contributed by atoms with van der Waals surface area (Å²) in [5, 5.41) is 3.43. The highest BCUT2D eigenvalue weighted by Crippen LogP contribution is 2.26. The van der Waals surface area contributed by atoms with Crippen LogP contribution < -0.4 is 5.32 Å². The van der Waals surface area contributed by atoms with Gasteiger partial charge in [-0.25, -0.2) is 4.39 Å². The molecule has 1 aliphatic rings. The van der Waals surface area contributed by atoms with Crippen LogP contribution in [0.15, 0.2) is 22.7 Å². The van der Waals surface area contributed by atoms with Crippen molar-refractivity contribution in [3.05, 3.63) is 34.1 Å². The summed E-state index contributed by atoms with van der Waals surface area (Å²) in [5.74, 6) is -0.328. The Hall–Kier alpha value is -0.940. The van der Waals surface area contributed by atoms with Crippen molar-refractivity contribution < 1.29 is 13.9 Å². The molecule has 0 bridgehead atoms. The van der Waals surface area contributed by atoms with Gasteiger partial charge >= 0.3 is 5.97 Å². The largest absolute Gasteiger partial charge is 0.466 e. The topological polar surface area (TPSA) is 38.3 Å². The third kappa shape index (κ3) is 4.78. The molecule has 0 amide bonds. The molecule has 1 saturated carbocycles. The average Bonchev–Trinajstić information content (AvgIpc) is 2.49. The van der Waals surface area contributed by atoms with Crippen molar-refractivity contribution in [1.29, 1.82) is 0 Å². The van der Waals surface area contributed by atoms with Gasteiger partial charge in [-0.3, -0.25) is 4.79 Å². The number of carbonyl (C=O) groups is 1. The molecule has 21 heavy (non-hydrogen) atoms. The molecule has 5 heteroatoms. The lowest BCUT2D eigenvalue weighted by Crippen LogP contribution is -2.36. The predicted molar refractivity (Wildman–Crippen MR) is 83.3 cm³/mol. The monoisotopic (exact) mass is 357 g/mol. The van der Waals surface area contributed by atoms with Crippen LogP contribution in [0.4, 0.5) is 4.39 Å². The van der Waals surface area contributed by atoms with E-state index in [0.717, 1.165) is 35.7 Å².